The van der Waals surface area contributed by atoms with Gasteiger partial charge in [-0.05, 0) is 77.1 Å². The Hall–Kier alpha value is -5.96. The van der Waals surface area contributed by atoms with Crippen LogP contribution in [0.4, 0.5) is 0 Å². The minimum Gasteiger partial charge on any atom is -0.486 e. The highest BCUT2D eigenvalue weighted by molar-refractivity contribution is 7.85. The second-order valence-corrected chi connectivity index (χ2v) is 17.4. The van der Waals surface area contributed by atoms with Gasteiger partial charge in [0.05, 0.1) is 6.04 Å². The van der Waals surface area contributed by atoms with Gasteiger partial charge in [-0.2, -0.15) is 8.42 Å². The zero-order valence-electron chi connectivity index (χ0n) is 32.8. The summed E-state index contributed by atoms with van der Waals surface area (Å²) in [7, 11) is -4.57. The highest BCUT2D eigenvalue weighted by atomic mass is 32.2. The molecule has 7 rings (SSSR count). The van der Waals surface area contributed by atoms with Crippen molar-refractivity contribution in [3.05, 3.63) is 148 Å². The molecule has 5 aromatic rings. The van der Waals surface area contributed by atoms with Gasteiger partial charge in [0.15, 0.2) is 11.6 Å². The van der Waals surface area contributed by atoms with E-state index < -0.39 is 63.4 Å². The van der Waals surface area contributed by atoms with E-state index in [-0.39, 0.29) is 50.9 Å². The zero-order valence-corrected chi connectivity index (χ0v) is 34.5. The van der Waals surface area contributed by atoms with Crippen LogP contribution in [-0.2, 0) is 59.8 Å². The minimum atomic E-state index is -4.57. The van der Waals surface area contributed by atoms with Gasteiger partial charge in [0.1, 0.15) is 24.3 Å². The second-order valence-electron chi connectivity index (χ2n) is 14.9. The number of benzene rings is 4. The van der Waals surface area contributed by atoms with Crippen molar-refractivity contribution in [3.8, 4) is 16.9 Å². The first-order valence-corrected chi connectivity index (χ1v) is 22.2. The van der Waals surface area contributed by atoms with Crippen LogP contribution < -0.4 is 20.7 Å². The maximum atomic E-state index is 14.5. The molecule has 0 fully saturated rings. The van der Waals surface area contributed by atoms with Crippen LogP contribution in [0.25, 0.3) is 11.1 Å². The number of amides is 3. The molecule has 2 bridgehead atoms. The summed E-state index contributed by atoms with van der Waals surface area (Å²) >= 11 is 1.45. The van der Waals surface area contributed by atoms with Crippen molar-refractivity contribution in [2.24, 2.45) is 11.8 Å². The molecule has 14 heteroatoms. The highest BCUT2D eigenvalue weighted by Crippen LogP contribution is 2.23. The van der Waals surface area contributed by atoms with E-state index in [1.54, 1.807) is 24.3 Å². The summed E-state index contributed by atoms with van der Waals surface area (Å²) in [6.45, 7) is -0.316. The predicted molar refractivity (Wildman–Crippen MR) is 229 cm³/mol. The van der Waals surface area contributed by atoms with E-state index in [1.165, 1.54) is 11.3 Å². The van der Waals surface area contributed by atoms with Gasteiger partial charge in [0.25, 0.3) is 10.1 Å². The van der Waals surface area contributed by atoms with Gasteiger partial charge >= 0.3 is 0 Å². The molecule has 4 aromatic carbocycles. The predicted octanol–water partition coefficient (Wildman–Crippen LogP) is 5.55. The molecule has 0 unspecified atom stereocenters. The summed E-state index contributed by atoms with van der Waals surface area (Å²) in [5.41, 5.74) is 4.22. The molecule has 3 amide bonds. The van der Waals surface area contributed by atoms with E-state index in [1.807, 2.05) is 102 Å². The molecule has 2 aliphatic rings. The van der Waals surface area contributed by atoms with Crippen molar-refractivity contribution in [1.29, 1.82) is 0 Å². The molecule has 0 saturated heterocycles. The molecule has 0 aliphatic carbocycles. The third kappa shape index (κ3) is 13.3. The number of carbonyl (C=O) groups is 5. The normalized spacial score (nSPS) is 19.6. The van der Waals surface area contributed by atoms with Crippen molar-refractivity contribution in [2.45, 2.75) is 57.0 Å². The van der Waals surface area contributed by atoms with E-state index in [9.17, 15) is 36.9 Å². The van der Waals surface area contributed by atoms with E-state index >= 15 is 0 Å². The number of rotatable bonds is 11. The average Bonchev–Trinajstić information content (AvgIpc) is 3.77. The number of aryl methyl sites for hydroxylation is 1. The van der Waals surface area contributed by atoms with Gasteiger partial charge in [-0.1, -0.05) is 103 Å². The van der Waals surface area contributed by atoms with Gasteiger partial charge in [0, 0.05) is 36.0 Å². The lowest BCUT2D eigenvalue weighted by Crippen LogP contribution is -2.54. The zero-order chi connectivity index (χ0) is 42.5. The third-order valence-corrected chi connectivity index (χ3v) is 11.7. The lowest BCUT2D eigenvalue weighted by atomic mass is 9.89. The Morgan fingerprint density at radius 2 is 1.38 bits per heavy atom. The standard InChI is InChI=1S/C46H47N3O9S2/c50-38-26-37(27-40-12-7-23-59-40)45(53)49-42(25-33-13-18-35(19-14-33)34-10-5-2-6-11-34)46(54)48-41(22-17-31-8-3-1-4-9-31)43(51)28-36(44(52)47-30-60(55,56)57)24-32-15-20-39(21-16-32)58-29-38/h1-16,18-21,23,36-37,41-42H,17,22,24-30H2,(H,47,52)(H,48,54)(H,49,53)(H,55,56,57)/t36-,37+,41+,42-/m0/s1. The number of Topliss-reactive ketones (excluding diaryl/α,β-unsaturated/α-hetero) is 2. The van der Waals surface area contributed by atoms with Crippen LogP contribution in [0, 0.1) is 11.8 Å². The number of ketones is 2. The molecule has 60 heavy (non-hydrogen) atoms. The van der Waals surface area contributed by atoms with E-state index in [0.29, 0.717) is 17.7 Å². The highest BCUT2D eigenvalue weighted by Gasteiger charge is 2.33. The van der Waals surface area contributed by atoms with Gasteiger partial charge in [-0.25, -0.2) is 0 Å². The smallest absolute Gasteiger partial charge is 0.283 e. The van der Waals surface area contributed by atoms with Crippen molar-refractivity contribution < 1.29 is 41.7 Å². The maximum Gasteiger partial charge on any atom is 0.283 e. The number of hydrogen-bond donors (Lipinski definition) is 4. The Morgan fingerprint density at radius 1 is 0.717 bits per heavy atom. The van der Waals surface area contributed by atoms with Crippen molar-refractivity contribution in [3.63, 3.8) is 0 Å². The fourth-order valence-corrected chi connectivity index (χ4v) is 8.23. The van der Waals surface area contributed by atoms with Crippen molar-refractivity contribution in [2.75, 3.05) is 12.5 Å². The van der Waals surface area contributed by atoms with Gasteiger partial charge in [-0.3, -0.25) is 28.5 Å². The quantitative estimate of drug-likeness (QED) is 0.124. The summed E-state index contributed by atoms with van der Waals surface area (Å²) in [5.74, 6) is -5.36. The van der Waals surface area contributed by atoms with Gasteiger partial charge in [-0.15, -0.1) is 11.3 Å². The summed E-state index contributed by atoms with van der Waals surface area (Å²) in [4.78, 5) is 70.9. The van der Waals surface area contributed by atoms with E-state index in [2.05, 4.69) is 16.0 Å². The molecule has 3 heterocycles. The van der Waals surface area contributed by atoms with E-state index in [0.717, 1.165) is 27.1 Å². The number of thiophene rings is 1. The van der Waals surface area contributed by atoms with Crippen LogP contribution in [0.3, 0.4) is 0 Å². The lowest BCUT2D eigenvalue weighted by Gasteiger charge is -2.26. The first kappa shape index (κ1) is 43.6. The number of carbonyl (C=O) groups excluding carboxylic acids is 5. The third-order valence-electron chi connectivity index (χ3n) is 10.3. The second kappa shape index (κ2) is 20.8. The van der Waals surface area contributed by atoms with E-state index in [4.69, 9.17) is 4.74 Å². The summed E-state index contributed by atoms with van der Waals surface area (Å²) in [6.07, 6.45) is 0.325. The van der Waals surface area contributed by atoms with Gasteiger partial charge in [0.2, 0.25) is 17.7 Å². The average molecular weight is 850 g/mol. The minimum absolute atomic E-state index is 0.00364. The summed E-state index contributed by atoms with van der Waals surface area (Å²) in [6, 6.07) is 34.8. The Morgan fingerprint density at radius 3 is 2.05 bits per heavy atom. The first-order chi connectivity index (χ1) is 28.9. The molecule has 12 nitrogen and oxygen atoms in total. The molecule has 4 atom stereocenters. The first-order valence-electron chi connectivity index (χ1n) is 19.7. The molecular formula is C46H47N3O9S2. The Labute approximate surface area is 353 Å². The Kier molecular flexibility index (Phi) is 15.1. The molecule has 0 saturated carbocycles. The number of nitrogens with one attached hydrogen (secondary N) is 3. The largest absolute Gasteiger partial charge is 0.486 e. The summed E-state index contributed by atoms with van der Waals surface area (Å²) in [5, 5.41) is 9.93. The molecule has 0 radical (unpaired) electrons. The SMILES string of the molecule is O=C1COc2ccc(cc2)C[C@H](C(=O)NCS(=O)(=O)O)CC(=O)[C@@H](CCc2ccccc2)NC(=O)[C@H](Cc2ccc(-c3ccccc3)cc2)NC(=O)[C@@H](Cc2cccs2)C1. The summed E-state index contributed by atoms with van der Waals surface area (Å²) < 4.78 is 38.2. The number of hydrogen-bond acceptors (Lipinski definition) is 9. The van der Waals surface area contributed by atoms with Crippen LogP contribution in [0.15, 0.2) is 127 Å². The van der Waals surface area contributed by atoms with Crippen LogP contribution in [0.1, 0.15) is 40.8 Å². The lowest BCUT2D eigenvalue weighted by molar-refractivity contribution is -0.135. The van der Waals surface area contributed by atoms with Crippen LogP contribution >= 0.6 is 11.3 Å². The maximum absolute atomic E-state index is 14.5. The van der Waals surface area contributed by atoms with Crippen LogP contribution in [-0.4, -0.2) is 66.8 Å². The number of fused-ring (bicyclic) bond motifs is 16. The fraction of sp³-hybridized carbons (Fsp3) is 0.283. The van der Waals surface area contributed by atoms with Crippen LogP contribution in [0.5, 0.6) is 5.75 Å². The molecule has 4 N–H and O–H groups in total. The van der Waals surface area contributed by atoms with Crippen molar-refractivity contribution >= 4 is 50.7 Å². The Balaban J connectivity index is 1.34. The monoisotopic (exact) mass is 849 g/mol. The topological polar surface area (TPSA) is 185 Å². The molecule has 2 aliphatic heterocycles. The Bertz CT molecular complexity index is 2340. The number of ether oxygens (including phenoxy) is 1. The van der Waals surface area contributed by atoms with Crippen LogP contribution in [0.2, 0.25) is 0 Å². The molecule has 312 valence electrons. The molecule has 0 spiro atoms. The molecule has 1 aromatic heterocycles. The van der Waals surface area contributed by atoms with Gasteiger partial charge < -0.3 is 20.7 Å². The van der Waals surface area contributed by atoms with Crippen molar-refractivity contribution in [1.82, 2.24) is 16.0 Å². The molecular weight excluding hydrogens is 803 g/mol. The fourth-order valence-electron chi connectivity index (χ4n) is 7.12.